The summed E-state index contributed by atoms with van der Waals surface area (Å²) in [5.41, 5.74) is 14.6. The topological polar surface area (TPSA) is 151 Å². The number of hydrogen-bond donors (Lipinski definition) is 4. The molecule has 11 heteroatoms. The molecule has 0 spiro atoms. The van der Waals surface area contributed by atoms with Crippen molar-refractivity contribution in [2.24, 2.45) is 16.6 Å². The van der Waals surface area contributed by atoms with E-state index in [1.54, 1.807) is 16.2 Å². The Balaban J connectivity index is 1.89. The number of amides is 1. The molecule has 2 aromatic carbocycles. The van der Waals surface area contributed by atoms with E-state index in [1.165, 1.54) is 0 Å². The Morgan fingerprint density at radius 1 is 1.12 bits per heavy atom. The number of carbonyl (C=O) groups excluding carboxylic acids is 1. The highest BCUT2D eigenvalue weighted by atomic mass is 16.5. The lowest BCUT2D eigenvalue weighted by molar-refractivity contribution is -0.117. The number of nitrogens with one attached hydrogen (secondary N) is 2. The number of benzene rings is 2. The molecule has 0 unspecified atom stereocenters. The van der Waals surface area contributed by atoms with Gasteiger partial charge in [-0.25, -0.2) is 9.79 Å². The van der Waals surface area contributed by atoms with Gasteiger partial charge in [-0.1, -0.05) is 17.7 Å². The highest BCUT2D eigenvalue weighted by molar-refractivity contribution is 5.92. The third kappa shape index (κ3) is 5.59. The van der Waals surface area contributed by atoms with Gasteiger partial charge in [0.15, 0.2) is 11.5 Å². The van der Waals surface area contributed by atoms with Crippen molar-refractivity contribution in [2.45, 2.75) is 47.2 Å². The highest BCUT2D eigenvalue weighted by Gasteiger charge is 2.23. The smallest absolute Gasteiger partial charge is 0.330 e. The maximum atomic E-state index is 13.9. The Bertz CT molecular complexity index is 1580. The summed E-state index contributed by atoms with van der Waals surface area (Å²) < 4.78 is 14.7. The maximum Gasteiger partial charge on any atom is 0.330 e. The fourth-order valence-corrected chi connectivity index (χ4v) is 5.10. The summed E-state index contributed by atoms with van der Waals surface area (Å²) in [6, 6.07) is 9.96. The molecule has 1 amide bonds. The number of rotatable bonds is 9. The standard InChI is InChI=1S/C29H37N7O4/c1-6-40-25-13-20-7-9-35-23(21(20)14-24(25)39-5)15-26(33-27-18(3)11-17(2)12-19(27)4)36(29(35)38)10-8-32-28(37)22(16-30)34-31/h11-16,34H,6-10,30-31H2,1-5H3,(H,32,37)/b22-16-,33-26+. The summed E-state index contributed by atoms with van der Waals surface area (Å²) in [4.78, 5) is 31.3. The zero-order valence-electron chi connectivity index (χ0n) is 23.6. The SMILES string of the molecule is CCOc1cc2c(cc1OC)-c1c/c(=N\c3c(C)cc(C)cc3C)n(CCNC(=O)/C(=C/N)NN)c(=O)n1CC2. The van der Waals surface area contributed by atoms with Crippen LogP contribution in [0.15, 0.2) is 52.0 Å². The average molecular weight is 548 g/mol. The van der Waals surface area contributed by atoms with Gasteiger partial charge >= 0.3 is 5.69 Å². The highest BCUT2D eigenvalue weighted by Crippen LogP contribution is 2.37. The lowest BCUT2D eigenvalue weighted by atomic mass is 9.97. The van der Waals surface area contributed by atoms with Gasteiger partial charge in [0.1, 0.15) is 11.2 Å². The van der Waals surface area contributed by atoms with Gasteiger partial charge in [0, 0.05) is 37.5 Å². The fourth-order valence-electron chi connectivity index (χ4n) is 5.10. The summed E-state index contributed by atoms with van der Waals surface area (Å²) in [7, 11) is 1.60. The van der Waals surface area contributed by atoms with E-state index in [2.05, 4.69) is 22.9 Å². The number of aryl methyl sites for hydroxylation is 4. The molecule has 6 N–H and O–H groups in total. The number of aromatic nitrogens is 2. The van der Waals surface area contributed by atoms with Gasteiger partial charge in [0.25, 0.3) is 5.91 Å². The van der Waals surface area contributed by atoms with Gasteiger partial charge in [-0.3, -0.25) is 19.8 Å². The molecule has 40 heavy (non-hydrogen) atoms. The first-order valence-electron chi connectivity index (χ1n) is 13.2. The van der Waals surface area contributed by atoms with Crippen molar-refractivity contribution in [2.75, 3.05) is 20.3 Å². The van der Waals surface area contributed by atoms with Crippen LogP contribution >= 0.6 is 0 Å². The Labute approximate surface area is 233 Å². The van der Waals surface area contributed by atoms with E-state index < -0.39 is 5.91 Å². The molecule has 1 aromatic heterocycles. The summed E-state index contributed by atoms with van der Waals surface area (Å²) in [5.74, 6) is 6.15. The molecule has 0 saturated heterocycles. The largest absolute Gasteiger partial charge is 0.493 e. The van der Waals surface area contributed by atoms with E-state index in [-0.39, 0.29) is 24.5 Å². The second-order valence-electron chi connectivity index (χ2n) is 9.66. The third-order valence-electron chi connectivity index (χ3n) is 6.91. The second kappa shape index (κ2) is 12.1. The van der Waals surface area contributed by atoms with Crippen LogP contribution in [-0.4, -0.2) is 35.3 Å². The number of nitrogens with two attached hydrogens (primary N) is 2. The molecule has 0 bridgehead atoms. The Kier molecular flexibility index (Phi) is 8.64. The van der Waals surface area contributed by atoms with E-state index >= 15 is 0 Å². The lowest BCUT2D eigenvalue weighted by Gasteiger charge is -2.25. The van der Waals surface area contributed by atoms with Crippen molar-refractivity contribution >= 4 is 11.6 Å². The van der Waals surface area contributed by atoms with E-state index in [1.807, 2.05) is 45.9 Å². The van der Waals surface area contributed by atoms with Crippen LogP contribution in [0.3, 0.4) is 0 Å². The van der Waals surface area contributed by atoms with Gasteiger partial charge in [0.2, 0.25) is 0 Å². The van der Waals surface area contributed by atoms with Crippen LogP contribution in [0.25, 0.3) is 11.3 Å². The minimum absolute atomic E-state index is 0.0277. The second-order valence-corrected chi connectivity index (χ2v) is 9.66. The predicted octanol–water partition coefficient (Wildman–Crippen LogP) is 1.82. The minimum Gasteiger partial charge on any atom is -0.493 e. The minimum atomic E-state index is -0.474. The zero-order valence-corrected chi connectivity index (χ0v) is 23.6. The molecule has 1 aliphatic heterocycles. The van der Waals surface area contributed by atoms with Crippen LogP contribution in [0.1, 0.15) is 29.2 Å². The van der Waals surface area contributed by atoms with Crippen LogP contribution in [0.5, 0.6) is 11.5 Å². The van der Waals surface area contributed by atoms with Gasteiger partial charge in [-0.15, -0.1) is 0 Å². The number of methoxy groups -OCH3 is 1. The average Bonchev–Trinajstić information content (AvgIpc) is 2.92. The molecule has 0 radical (unpaired) electrons. The maximum absolute atomic E-state index is 13.9. The first kappa shape index (κ1) is 28.5. The molecular weight excluding hydrogens is 510 g/mol. The number of carbonyl (C=O) groups is 1. The predicted molar refractivity (Wildman–Crippen MR) is 154 cm³/mol. The van der Waals surface area contributed by atoms with E-state index in [9.17, 15) is 9.59 Å². The molecule has 212 valence electrons. The molecule has 0 aliphatic carbocycles. The van der Waals surface area contributed by atoms with E-state index in [0.717, 1.165) is 45.4 Å². The van der Waals surface area contributed by atoms with Crippen LogP contribution in [0.2, 0.25) is 0 Å². The van der Waals surface area contributed by atoms with Gasteiger partial charge in [0.05, 0.1) is 25.1 Å². The van der Waals surface area contributed by atoms with Gasteiger partial charge in [-0.2, -0.15) is 0 Å². The molecule has 3 aromatic rings. The normalized spacial score (nSPS) is 12.9. The van der Waals surface area contributed by atoms with Crippen molar-refractivity contribution < 1.29 is 14.3 Å². The third-order valence-corrected chi connectivity index (χ3v) is 6.91. The molecular formula is C29H37N7O4. The van der Waals surface area contributed by atoms with Gasteiger partial charge in [-0.05, 0) is 62.9 Å². The molecule has 4 rings (SSSR count). The molecule has 0 atom stereocenters. The van der Waals surface area contributed by atoms with Crippen molar-refractivity contribution in [3.8, 4) is 22.8 Å². The number of fused-ring (bicyclic) bond motifs is 3. The summed E-state index contributed by atoms with van der Waals surface area (Å²) >= 11 is 0. The first-order chi connectivity index (χ1) is 19.2. The van der Waals surface area contributed by atoms with Crippen LogP contribution in [0.4, 0.5) is 5.69 Å². The van der Waals surface area contributed by atoms with Crippen LogP contribution < -0.4 is 43.0 Å². The fraction of sp³-hybridized carbons (Fsp3) is 0.345. The van der Waals surface area contributed by atoms with Crippen LogP contribution in [0, 0.1) is 20.8 Å². The lowest BCUT2D eigenvalue weighted by Crippen LogP contribution is -2.45. The summed E-state index contributed by atoms with van der Waals surface area (Å²) in [5, 5.41) is 2.74. The van der Waals surface area contributed by atoms with Crippen molar-refractivity contribution in [3.05, 3.63) is 80.5 Å². The van der Waals surface area contributed by atoms with Crippen molar-refractivity contribution in [1.82, 2.24) is 19.9 Å². The number of ether oxygens (including phenoxy) is 2. The number of hydrazine groups is 1. The Hall–Kier alpha value is -4.51. The van der Waals surface area contributed by atoms with Crippen LogP contribution in [-0.2, 0) is 24.3 Å². The molecule has 0 saturated carbocycles. The first-order valence-corrected chi connectivity index (χ1v) is 13.2. The Morgan fingerprint density at radius 3 is 2.48 bits per heavy atom. The number of nitrogens with zero attached hydrogens (tertiary/aromatic N) is 3. The summed E-state index contributed by atoms with van der Waals surface area (Å²) in [6.07, 6.45) is 1.74. The van der Waals surface area contributed by atoms with E-state index in [4.69, 9.17) is 26.0 Å². The number of hydrogen-bond acceptors (Lipinski definition) is 8. The van der Waals surface area contributed by atoms with Crippen molar-refractivity contribution in [1.29, 1.82) is 0 Å². The zero-order chi connectivity index (χ0) is 29.0. The summed E-state index contributed by atoms with van der Waals surface area (Å²) in [6.45, 7) is 9.34. The van der Waals surface area contributed by atoms with Gasteiger partial charge < -0.3 is 25.9 Å². The molecule has 11 nitrogen and oxygen atoms in total. The van der Waals surface area contributed by atoms with Crippen molar-refractivity contribution in [3.63, 3.8) is 0 Å². The molecule has 1 aliphatic rings. The van der Waals surface area contributed by atoms with E-state index in [0.29, 0.717) is 36.6 Å². The monoisotopic (exact) mass is 547 g/mol. The quantitative estimate of drug-likeness (QED) is 0.181. The Morgan fingerprint density at radius 2 is 1.85 bits per heavy atom. The molecule has 2 heterocycles. The molecule has 0 fully saturated rings.